The van der Waals surface area contributed by atoms with Gasteiger partial charge in [-0.25, -0.2) is 13.1 Å². The maximum absolute atomic E-state index is 13.1. The fourth-order valence-electron chi connectivity index (χ4n) is 3.09. The molecule has 4 rings (SSSR count). The van der Waals surface area contributed by atoms with Crippen molar-refractivity contribution in [3.8, 4) is 22.6 Å². The first-order chi connectivity index (χ1) is 12.6. The van der Waals surface area contributed by atoms with Crippen molar-refractivity contribution in [2.45, 2.75) is 43.8 Å². The number of benzene rings is 2. The van der Waals surface area contributed by atoms with Crippen molar-refractivity contribution >= 4 is 10.0 Å². The highest BCUT2D eigenvalue weighted by Crippen LogP contribution is 2.44. The van der Waals surface area contributed by atoms with Crippen molar-refractivity contribution in [2.75, 3.05) is 0 Å². The summed E-state index contributed by atoms with van der Waals surface area (Å²) in [4.78, 5) is 0. The van der Waals surface area contributed by atoms with Crippen LogP contribution >= 0.6 is 0 Å². The van der Waals surface area contributed by atoms with Gasteiger partial charge in [-0.3, -0.25) is 0 Å². The highest BCUT2D eigenvalue weighted by atomic mass is 32.2. The topological polar surface area (TPSA) is 64.6 Å². The largest absolute Gasteiger partial charge is 0.586 e. The van der Waals surface area contributed by atoms with E-state index in [1.54, 1.807) is 19.9 Å². The van der Waals surface area contributed by atoms with E-state index in [4.69, 9.17) is 0 Å². The number of halogens is 2. The van der Waals surface area contributed by atoms with Gasteiger partial charge in [-0.05, 0) is 49.1 Å². The minimum Gasteiger partial charge on any atom is -0.395 e. The van der Waals surface area contributed by atoms with Gasteiger partial charge in [0.05, 0.1) is 5.25 Å². The highest BCUT2D eigenvalue weighted by molar-refractivity contribution is 7.90. The van der Waals surface area contributed by atoms with Gasteiger partial charge in [-0.1, -0.05) is 30.3 Å². The van der Waals surface area contributed by atoms with E-state index in [0.29, 0.717) is 0 Å². The summed E-state index contributed by atoms with van der Waals surface area (Å²) >= 11 is 0. The Hall–Kier alpha value is -2.19. The first-order valence-electron chi connectivity index (χ1n) is 8.66. The number of ether oxygens (including phenoxy) is 2. The molecule has 2 aliphatic rings. The third-order valence-electron chi connectivity index (χ3n) is 4.80. The maximum Gasteiger partial charge on any atom is 0.586 e. The predicted molar refractivity (Wildman–Crippen MR) is 96.4 cm³/mol. The predicted octanol–water partition coefficient (Wildman–Crippen LogP) is 3.86. The SMILES string of the molecule is CC(C)S(=O)(=O)N[C@H]1C[C@@H]1c1ccc(-c2ccc3c(c2)OC(F)(F)O3)cc1. The van der Waals surface area contributed by atoms with Crippen LogP contribution in [-0.2, 0) is 10.0 Å². The van der Waals surface area contributed by atoms with Gasteiger partial charge >= 0.3 is 6.29 Å². The Morgan fingerprint density at radius 1 is 1.04 bits per heavy atom. The average molecular weight is 395 g/mol. The summed E-state index contributed by atoms with van der Waals surface area (Å²) in [7, 11) is -3.28. The monoisotopic (exact) mass is 395 g/mol. The lowest BCUT2D eigenvalue weighted by Gasteiger charge is -2.09. The zero-order chi connectivity index (χ0) is 19.4. The van der Waals surface area contributed by atoms with Crippen LogP contribution in [0.3, 0.4) is 0 Å². The Bertz CT molecular complexity index is 974. The normalized spacial score (nSPS) is 22.9. The first kappa shape index (κ1) is 18.2. The average Bonchev–Trinajstić information content (AvgIpc) is 3.26. The molecule has 8 heteroatoms. The van der Waals surface area contributed by atoms with Crippen molar-refractivity contribution in [1.82, 2.24) is 4.72 Å². The highest BCUT2D eigenvalue weighted by Gasteiger charge is 2.43. The second-order valence-corrected chi connectivity index (χ2v) is 9.38. The Morgan fingerprint density at radius 3 is 2.33 bits per heavy atom. The summed E-state index contributed by atoms with van der Waals surface area (Å²) in [5.74, 6) is 0.175. The van der Waals surface area contributed by atoms with E-state index in [2.05, 4.69) is 14.2 Å². The molecule has 2 atom stereocenters. The zero-order valence-electron chi connectivity index (χ0n) is 14.8. The van der Waals surface area contributed by atoms with Gasteiger partial charge in [0, 0.05) is 12.0 Å². The fourth-order valence-corrected chi connectivity index (χ4v) is 4.05. The van der Waals surface area contributed by atoms with Gasteiger partial charge in [0.2, 0.25) is 10.0 Å². The van der Waals surface area contributed by atoms with Crippen LogP contribution in [0.2, 0.25) is 0 Å². The van der Waals surface area contributed by atoms with E-state index >= 15 is 0 Å². The van der Waals surface area contributed by atoms with Crippen molar-refractivity contribution in [3.05, 3.63) is 48.0 Å². The standard InChI is InChI=1S/C19H19F2NO4S/c1-11(2)27(23,24)22-16-10-15(16)13-5-3-12(4-6-13)14-7-8-17-18(9-14)26-19(20,21)25-17/h3-9,11,15-16,22H,10H2,1-2H3/t15-,16+/m1/s1. The van der Waals surface area contributed by atoms with Gasteiger partial charge in [0.15, 0.2) is 11.5 Å². The van der Waals surface area contributed by atoms with E-state index < -0.39 is 21.6 Å². The van der Waals surface area contributed by atoms with Crippen LogP contribution < -0.4 is 14.2 Å². The smallest absolute Gasteiger partial charge is 0.395 e. The van der Waals surface area contributed by atoms with Crippen LogP contribution in [0.1, 0.15) is 31.7 Å². The van der Waals surface area contributed by atoms with Gasteiger partial charge in [0.1, 0.15) is 0 Å². The second-order valence-electron chi connectivity index (χ2n) is 7.11. The summed E-state index contributed by atoms with van der Waals surface area (Å²) < 4.78 is 61.8. The van der Waals surface area contributed by atoms with Crippen LogP contribution in [0.5, 0.6) is 11.5 Å². The van der Waals surface area contributed by atoms with Crippen molar-refractivity contribution < 1.29 is 26.7 Å². The second kappa shape index (κ2) is 6.17. The lowest BCUT2D eigenvalue weighted by Crippen LogP contribution is -2.33. The van der Waals surface area contributed by atoms with Gasteiger partial charge in [-0.2, -0.15) is 0 Å². The van der Waals surface area contributed by atoms with Crippen molar-refractivity contribution in [1.29, 1.82) is 0 Å². The Labute approximate surface area is 156 Å². The lowest BCUT2D eigenvalue weighted by atomic mass is 10.0. The lowest BCUT2D eigenvalue weighted by molar-refractivity contribution is -0.286. The molecule has 5 nitrogen and oxygen atoms in total. The molecule has 2 aromatic carbocycles. The molecule has 2 aromatic rings. The van der Waals surface area contributed by atoms with Crippen LogP contribution in [-0.4, -0.2) is 26.0 Å². The molecule has 0 radical (unpaired) electrons. The van der Waals surface area contributed by atoms with E-state index in [1.165, 1.54) is 12.1 Å². The van der Waals surface area contributed by atoms with Gasteiger partial charge in [-0.15, -0.1) is 8.78 Å². The molecule has 1 heterocycles. The zero-order valence-corrected chi connectivity index (χ0v) is 15.6. The van der Waals surface area contributed by atoms with E-state index in [0.717, 1.165) is 23.1 Å². The number of fused-ring (bicyclic) bond motifs is 1. The van der Waals surface area contributed by atoms with Crippen molar-refractivity contribution in [2.24, 2.45) is 0 Å². The molecular formula is C19H19F2NO4S. The quantitative estimate of drug-likeness (QED) is 0.835. The number of rotatable bonds is 5. The number of alkyl halides is 2. The summed E-state index contributed by atoms with van der Waals surface area (Å²) in [6.07, 6.45) is -2.86. The Morgan fingerprint density at radius 2 is 1.67 bits per heavy atom. The molecule has 0 spiro atoms. The van der Waals surface area contributed by atoms with Crippen LogP contribution in [0.15, 0.2) is 42.5 Å². The molecule has 0 unspecified atom stereocenters. The third-order valence-corrected chi connectivity index (χ3v) is 6.67. The Kier molecular flexibility index (Phi) is 4.16. The molecule has 0 amide bonds. The van der Waals surface area contributed by atoms with E-state index in [1.807, 2.05) is 24.3 Å². The summed E-state index contributed by atoms with van der Waals surface area (Å²) in [6.45, 7) is 3.30. The molecule has 1 aliphatic carbocycles. The van der Waals surface area contributed by atoms with Crippen LogP contribution in [0.4, 0.5) is 8.78 Å². The maximum atomic E-state index is 13.1. The van der Waals surface area contributed by atoms with Gasteiger partial charge < -0.3 is 9.47 Å². The van der Waals surface area contributed by atoms with E-state index in [9.17, 15) is 17.2 Å². The summed E-state index contributed by atoms with van der Waals surface area (Å²) in [6, 6.07) is 12.2. The van der Waals surface area contributed by atoms with E-state index in [-0.39, 0.29) is 23.5 Å². The molecule has 1 saturated carbocycles. The first-order valence-corrected chi connectivity index (χ1v) is 10.2. The molecule has 1 N–H and O–H groups in total. The van der Waals surface area contributed by atoms with Gasteiger partial charge in [0.25, 0.3) is 0 Å². The van der Waals surface area contributed by atoms with Crippen molar-refractivity contribution in [3.63, 3.8) is 0 Å². The molecule has 1 fully saturated rings. The number of hydrogen-bond donors (Lipinski definition) is 1. The molecule has 144 valence electrons. The van der Waals surface area contributed by atoms with Crippen LogP contribution in [0, 0.1) is 0 Å². The fraction of sp³-hybridized carbons (Fsp3) is 0.368. The van der Waals surface area contributed by atoms with Crippen LogP contribution in [0.25, 0.3) is 11.1 Å². The number of sulfonamides is 1. The molecule has 1 aliphatic heterocycles. The molecule has 27 heavy (non-hydrogen) atoms. The summed E-state index contributed by atoms with van der Waals surface area (Å²) in [5, 5.41) is -0.459. The molecule has 0 saturated heterocycles. The summed E-state index contributed by atoms with van der Waals surface area (Å²) in [5.41, 5.74) is 2.62. The molecular weight excluding hydrogens is 376 g/mol. The number of nitrogens with one attached hydrogen (secondary N) is 1. The third kappa shape index (κ3) is 3.64. The minimum atomic E-state index is -3.63. The number of hydrogen-bond acceptors (Lipinski definition) is 4. The molecule has 0 aromatic heterocycles. The Balaban J connectivity index is 1.47. The minimum absolute atomic E-state index is 0.00641. The molecule has 0 bridgehead atoms.